The van der Waals surface area contributed by atoms with Gasteiger partial charge in [-0.15, -0.1) is 0 Å². The molecule has 3 rings (SSSR count). The van der Waals surface area contributed by atoms with Crippen LogP contribution in [0.15, 0.2) is 46.2 Å². The first-order valence-electron chi connectivity index (χ1n) is 8.96. The van der Waals surface area contributed by atoms with E-state index in [2.05, 4.69) is 10.3 Å². The molecule has 3 aromatic rings. The van der Waals surface area contributed by atoms with E-state index in [0.29, 0.717) is 27.7 Å². The number of esters is 1. The summed E-state index contributed by atoms with van der Waals surface area (Å²) >= 11 is 6.98. The SMILES string of the molecule is COC(=O)c1c(SCC(=O)Nc2cc(OC)ccc2OC)[nH]c2ccc(Cl)cc2c1=O. The van der Waals surface area contributed by atoms with E-state index >= 15 is 0 Å². The average Bonchev–Trinajstić information content (AvgIpc) is 2.77. The maximum Gasteiger partial charge on any atom is 0.344 e. The second-order valence-electron chi connectivity index (χ2n) is 6.24. The van der Waals surface area contributed by atoms with Gasteiger partial charge in [-0.25, -0.2) is 4.79 Å². The Bertz CT molecular complexity index is 1210. The predicted molar refractivity (Wildman–Crippen MR) is 120 cm³/mol. The first kappa shape index (κ1) is 22.5. The second kappa shape index (κ2) is 9.76. The number of H-pyrrole nitrogens is 1. The van der Waals surface area contributed by atoms with Crippen LogP contribution in [0.1, 0.15) is 10.4 Å². The third-order valence-electron chi connectivity index (χ3n) is 4.35. The molecule has 0 spiro atoms. The summed E-state index contributed by atoms with van der Waals surface area (Å²) in [6.07, 6.45) is 0. The standard InChI is InChI=1S/C21H19ClN2O6S/c1-28-12-5-7-16(29-2)15(9-12)23-17(25)10-31-20-18(21(27)30-3)19(26)13-8-11(22)4-6-14(13)24-20/h4-9H,10H2,1-3H3,(H,23,25)(H,24,26). The van der Waals surface area contributed by atoms with Gasteiger partial charge in [-0.3, -0.25) is 9.59 Å². The number of carbonyl (C=O) groups excluding carboxylic acids is 2. The maximum atomic E-state index is 12.9. The van der Waals surface area contributed by atoms with Crippen LogP contribution < -0.4 is 20.2 Å². The van der Waals surface area contributed by atoms with Gasteiger partial charge in [0.25, 0.3) is 0 Å². The molecule has 2 aromatic carbocycles. The number of anilines is 1. The molecule has 0 bridgehead atoms. The summed E-state index contributed by atoms with van der Waals surface area (Å²) < 4.78 is 15.2. The zero-order chi connectivity index (χ0) is 22.5. The highest BCUT2D eigenvalue weighted by Gasteiger charge is 2.21. The van der Waals surface area contributed by atoms with E-state index in [1.807, 2.05) is 0 Å². The lowest BCUT2D eigenvalue weighted by molar-refractivity contribution is -0.113. The maximum absolute atomic E-state index is 12.9. The lowest BCUT2D eigenvalue weighted by Crippen LogP contribution is -2.20. The van der Waals surface area contributed by atoms with E-state index in [4.69, 9.17) is 25.8 Å². The van der Waals surface area contributed by atoms with Gasteiger partial charge in [0.05, 0.1) is 43.3 Å². The Balaban J connectivity index is 1.88. The minimum absolute atomic E-state index is 0.0839. The van der Waals surface area contributed by atoms with Gasteiger partial charge >= 0.3 is 5.97 Å². The highest BCUT2D eigenvalue weighted by atomic mass is 35.5. The van der Waals surface area contributed by atoms with Crippen molar-refractivity contribution < 1.29 is 23.8 Å². The fraction of sp³-hybridized carbons (Fsp3) is 0.190. The van der Waals surface area contributed by atoms with E-state index in [0.717, 1.165) is 11.8 Å². The highest BCUT2D eigenvalue weighted by molar-refractivity contribution is 8.00. The summed E-state index contributed by atoms with van der Waals surface area (Å²) in [5.74, 6) is -0.246. The number of ether oxygens (including phenoxy) is 3. The van der Waals surface area contributed by atoms with E-state index < -0.39 is 11.4 Å². The smallest absolute Gasteiger partial charge is 0.344 e. The third-order valence-corrected chi connectivity index (χ3v) is 5.58. The molecule has 0 aliphatic heterocycles. The van der Waals surface area contributed by atoms with Crippen LogP contribution in [0.25, 0.3) is 10.9 Å². The number of benzene rings is 2. The summed E-state index contributed by atoms with van der Waals surface area (Å²) in [5.41, 5.74) is 0.205. The number of halogens is 1. The van der Waals surface area contributed by atoms with Crippen molar-refractivity contribution in [2.75, 3.05) is 32.4 Å². The molecule has 10 heteroatoms. The summed E-state index contributed by atoms with van der Waals surface area (Å²) in [7, 11) is 4.18. The number of amides is 1. The molecular weight excluding hydrogens is 444 g/mol. The number of nitrogens with one attached hydrogen (secondary N) is 2. The molecule has 0 aliphatic carbocycles. The molecule has 0 fully saturated rings. The summed E-state index contributed by atoms with van der Waals surface area (Å²) in [6.45, 7) is 0. The molecule has 0 radical (unpaired) electrons. The van der Waals surface area contributed by atoms with Gasteiger partial charge in [-0.1, -0.05) is 23.4 Å². The van der Waals surface area contributed by atoms with Crippen LogP contribution in [0.3, 0.4) is 0 Å². The number of carbonyl (C=O) groups is 2. The number of rotatable bonds is 7. The molecule has 1 amide bonds. The lowest BCUT2D eigenvalue weighted by Gasteiger charge is -2.12. The van der Waals surface area contributed by atoms with Crippen LogP contribution in [0.4, 0.5) is 5.69 Å². The van der Waals surface area contributed by atoms with Crippen LogP contribution in [0.5, 0.6) is 11.5 Å². The first-order valence-corrected chi connectivity index (χ1v) is 10.3. The van der Waals surface area contributed by atoms with E-state index in [9.17, 15) is 14.4 Å². The van der Waals surface area contributed by atoms with Gasteiger partial charge in [-0.05, 0) is 30.3 Å². The molecule has 31 heavy (non-hydrogen) atoms. The third kappa shape index (κ3) is 4.95. The zero-order valence-electron chi connectivity index (χ0n) is 16.9. The summed E-state index contributed by atoms with van der Waals surface area (Å²) in [4.78, 5) is 40.7. The molecule has 8 nitrogen and oxygen atoms in total. The molecule has 0 saturated carbocycles. The summed E-state index contributed by atoms with van der Waals surface area (Å²) in [5, 5.41) is 3.57. The predicted octanol–water partition coefficient (Wildman–Crippen LogP) is 3.72. The van der Waals surface area contributed by atoms with E-state index in [-0.39, 0.29) is 27.6 Å². The number of aromatic amines is 1. The van der Waals surface area contributed by atoms with Crippen molar-refractivity contribution in [3.05, 3.63) is 57.2 Å². The molecule has 0 aliphatic rings. The average molecular weight is 463 g/mol. The Labute approximate surface area is 186 Å². The number of hydrogen-bond acceptors (Lipinski definition) is 7. The second-order valence-corrected chi connectivity index (χ2v) is 7.66. The van der Waals surface area contributed by atoms with Gasteiger partial charge in [0.1, 0.15) is 17.1 Å². The van der Waals surface area contributed by atoms with Crippen molar-refractivity contribution in [2.24, 2.45) is 0 Å². The van der Waals surface area contributed by atoms with E-state index in [1.165, 1.54) is 27.4 Å². The lowest BCUT2D eigenvalue weighted by atomic mass is 10.1. The Morgan fingerprint density at radius 3 is 2.55 bits per heavy atom. The molecule has 2 N–H and O–H groups in total. The normalized spacial score (nSPS) is 10.6. The van der Waals surface area contributed by atoms with Crippen LogP contribution >= 0.6 is 23.4 Å². The molecule has 0 unspecified atom stereocenters. The number of pyridine rings is 1. The molecule has 0 saturated heterocycles. The topological polar surface area (TPSA) is 107 Å². The first-order chi connectivity index (χ1) is 14.9. The summed E-state index contributed by atoms with van der Waals surface area (Å²) in [6, 6.07) is 9.72. The molecule has 1 aromatic heterocycles. The van der Waals surface area contributed by atoms with Crippen LogP contribution in [-0.2, 0) is 9.53 Å². The van der Waals surface area contributed by atoms with Gasteiger partial charge in [0.2, 0.25) is 11.3 Å². The fourth-order valence-corrected chi connectivity index (χ4v) is 3.89. The Morgan fingerprint density at radius 2 is 1.87 bits per heavy atom. The van der Waals surface area contributed by atoms with Gasteiger partial charge in [0.15, 0.2) is 0 Å². The van der Waals surface area contributed by atoms with Gasteiger partial charge in [0, 0.05) is 16.5 Å². The number of methoxy groups -OCH3 is 3. The number of aromatic nitrogens is 1. The Hall–Kier alpha value is -3.17. The van der Waals surface area contributed by atoms with Crippen molar-refractivity contribution in [2.45, 2.75) is 5.03 Å². The van der Waals surface area contributed by atoms with Crippen LogP contribution in [-0.4, -0.2) is 43.9 Å². The zero-order valence-corrected chi connectivity index (χ0v) is 18.5. The quantitative estimate of drug-likeness (QED) is 0.407. The van der Waals surface area contributed by atoms with Crippen molar-refractivity contribution in [3.8, 4) is 11.5 Å². The fourth-order valence-electron chi connectivity index (χ4n) is 2.87. The van der Waals surface area contributed by atoms with Crippen molar-refractivity contribution >= 4 is 51.8 Å². The molecule has 0 atom stereocenters. The monoisotopic (exact) mass is 462 g/mol. The Kier molecular flexibility index (Phi) is 7.09. The van der Waals surface area contributed by atoms with Crippen LogP contribution in [0.2, 0.25) is 5.02 Å². The van der Waals surface area contributed by atoms with Crippen molar-refractivity contribution in [1.29, 1.82) is 0 Å². The van der Waals surface area contributed by atoms with Gasteiger partial charge < -0.3 is 24.5 Å². The Morgan fingerprint density at radius 1 is 1.10 bits per heavy atom. The van der Waals surface area contributed by atoms with Crippen molar-refractivity contribution in [1.82, 2.24) is 4.98 Å². The molecule has 1 heterocycles. The largest absolute Gasteiger partial charge is 0.497 e. The number of fused-ring (bicyclic) bond motifs is 1. The molecule has 162 valence electrons. The van der Waals surface area contributed by atoms with Crippen molar-refractivity contribution in [3.63, 3.8) is 0 Å². The van der Waals surface area contributed by atoms with E-state index in [1.54, 1.807) is 30.3 Å². The minimum Gasteiger partial charge on any atom is -0.497 e. The van der Waals surface area contributed by atoms with Crippen LogP contribution in [0, 0.1) is 0 Å². The number of hydrogen-bond donors (Lipinski definition) is 2. The minimum atomic E-state index is -0.805. The van der Waals surface area contributed by atoms with Gasteiger partial charge in [-0.2, -0.15) is 0 Å². The highest BCUT2D eigenvalue weighted by Crippen LogP contribution is 2.30. The number of thioether (sulfide) groups is 1. The molecular formula is C21H19ClN2O6S.